The minimum atomic E-state index is -3.40. The molecule has 0 radical (unpaired) electrons. The number of hydrogen-bond acceptors (Lipinski definition) is 5. The molecule has 0 aliphatic heterocycles. The highest BCUT2D eigenvalue weighted by Gasteiger charge is 2.19. The van der Waals surface area contributed by atoms with E-state index < -0.39 is 9.84 Å². The summed E-state index contributed by atoms with van der Waals surface area (Å²) in [5.74, 6) is 0.456. The molecular formula is C18H21N3O4S. The summed E-state index contributed by atoms with van der Waals surface area (Å²) in [6.45, 7) is 6.59. The zero-order valence-corrected chi connectivity index (χ0v) is 16.0. The fourth-order valence-corrected chi connectivity index (χ4v) is 3.51. The zero-order valence-electron chi connectivity index (χ0n) is 15.2. The van der Waals surface area contributed by atoms with E-state index in [0.717, 1.165) is 0 Å². The molecule has 0 saturated heterocycles. The number of hydrogen-bond donors (Lipinski definition) is 0. The summed E-state index contributed by atoms with van der Waals surface area (Å²) >= 11 is 0. The average molecular weight is 375 g/mol. The van der Waals surface area contributed by atoms with Crippen LogP contribution in [0.2, 0.25) is 0 Å². The molecule has 0 fully saturated rings. The van der Waals surface area contributed by atoms with Gasteiger partial charge in [0.05, 0.1) is 23.4 Å². The Morgan fingerprint density at radius 3 is 2.58 bits per heavy atom. The molecule has 8 heteroatoms. The van der Waals surface area contributed by atoms with Gasteiger partial charge in [-0.15, -0.1) is 0 Å². The van der Waals surface area contributed by atoms with Crippen molar-refractivity contribution in [1.29, 1.82) is 0 Å². The summed E-state index contributed by atoms with van der Waals surface area (Å²) in [7, 11) is -0.285. The quantitative estimate of drug-likeness (QED) is 0.573. The van der Waals surface area contributed by atoms with Crippen molar-refractivity contribution in [3.8, 4) is 16.9 Å². The molecule has 0 bridgehead atoms. The van der Waals surface area contributed by atoms with E-state index in [1.807, 2.05) is 0 Å². The smallest absolute Gasteiger partial charge is 0.255 e. The standard InChI is InChI=1S/C18H21N3O4S/c1-6-26(23,24)13-7-8-16(25-5)14(9-13)15-10-21(4)18(22)12(2)17(15)20-11-19-3/h7-11H,3,6H2,1-2,4-5H3. The van der Waals surface area contributed by atoms with Gasteiger partial charge < -0.3 is 9.30 Å². The minimum Gasteiger partial charge on any atom is -0.496 e. The fourth-order valence-electron chi connectivity index (χ4n) is 2.60. The Morgan fingerprint density at radius 1 is 1.31 bits per heavy atom. The van der Waals surface area contributed by atoms with Crippen LogP contribution in [-0.4, -0.2) is 38.9 Å². The normalized spacial score (nSPS) is 11.7. The van der Waals surface area contributed by atoms with Gasteiger partial charge in [0.1, 0.15) is 12.1 Å². The molecule has 0 aliphatic rings. The molecule has 0 amide bonds. The first-order chi connectivity index (χ1) is 12.3. The Morgan fingerprint density at radius 2 is 2.00 bits per heavy atom. The van der Waals surface area contributed by atoms with Crippen LogP contribution in [0.15, 0.2) is 44.1 Å². The topological polar surface area (TPSA) is 90.1 Å². The summed E-state index contributed by atoms with van der Waals surface area (Å²) in [6, 6.07) is 4.64. The van der Waals surface area contributed by atoms with Crippen molar-refractivity contribution in [3.05, 3.63) is 40.3 Å². The van der Waals surface area contributed by atoms with Crippen molar-refractivity contribution in [1.82, 2.24) is 4.57 Å². The zero-order chi connectivity index (χ0) is 19.5. The summed E-state index contributed by atoms with van der Waals surface area (Å²) in [6.07, 6.45) is 2.84. The Hall–Kier alpha value is -2.74. The molecule has 1 heterocycles. The fraction of sp³-hybridized carbons (Fsp3) is 0.278. The van der Waals surface area contributed by atoms with Gasteiger partial charge >= 0.3 is 0 Å². The summed E-state index contributed by atoms with van der Waals surface area (Å²) in [4.78, 5) is 20.3. The largest absolute Gasteiger partial charge is 0.496 e. The minimum absolute atomic E-state index is 0.0174. The van der Waals surface area contributed by atoms with Gasteiger partial charge in [-0.2, -0.15) is 0 Å². The Balaban J connectivity index is 2.90. The van der Waals surface area contributed by atoms with Crippen molar-refractivity contribution in [2.24, 2.45) is 17.0 Å². The number of sulfone groups is 1. The molecule has 1 aromatic heterocycles. The highest BCUT2D eigenvalue weighted by Crippen LogP contribution is 2.38. The number of benzene rings is 1. The lowest BCUT2D eigenvalue weighted by Crippen LogP contribution is -2.19. The molecule has 0 unspecified atom stereocenters. The summed E-state index contributed by atoms with van der Waals surface area (Å²) < 4.78 is 31.4. The molecule has 26 heavy (non-hydrogen) atoms. The van der Waals surface area contributed by atoms with Crippen LogP contribution in [0.3, 0.4) is 0 Å². The second kappa shape index (κ2) is 7.65. The molecule has 1 aromatic carbocycles. The molecule has 0 spiro atoms. The van der Waals surface area contributed by atoms with E-state index in [1.165, 1.54) is 30.1 Å². The number of aliphatic imine (C=N–C) groups is 2. The van der Waals surface area contributed by atoms with Crippen molar-refractivity contribution >= 4 is 28.6 Å². The van der Waals surface area contributed by atoms with Gasteiger partial charge in [-0.3, -0.25) is 9.79 Å². The van der Waals surface area contributed by atoms with Gasteiger partial charge in [-0.25, -0.2) is 13.4 Å². The first kappa shape index (κ1) is 19.6. The summed E-state index contributed by atoms with van der Waals surface area (Å²) in [5, 5.41) is 0. The highest BCUT2D eigenvalue weighted by molar-refractivity contribution is 7.91. The number of methoxy groups -OCH3 is 1. The number of rotatable bonds is 6. The van der Waals surface area contributed by atoms with Gasteiger partial charge in [0, 0.05) is 29.9 Å². The SMILES string of the molecule is C=NC=Nc1c(-c2cc(S(=O)(=O)CC)ccc2OC)cn(C)c(=O)c1C. The second-order valence-electron chi connectivity index (χ2n) is 5.63. The van der Waals surface area contributed by atoms with Crippen molar-refractivity contribution in [2.45, 2.75) is 18.7 Å². The van der Waals surface area contributed by atoms with Gasteiger partial charge in [0.15, 0.2) is 9.84 Å². The molecule has 2 aromatic rings. The Labute approximate surface area is 152 Å². The van der Waals surface area contributed by atoms with Gasteiger partial charge in [-0.1, -0.05) is 6.92 Å². The monoisotopic (exact) mass is 375 g/mol. The number of aromatic nitrogens is 1. The van der Waals surface area contributed by atoms with Crippen LogP contribution >= 0.6 is 0 Å². The number of pyridine rings is 1. The van der Waals surface area contributed by atoms with Crippen LogP contribution < -0.4 is 10.3 Å². The van der Waals surface area contributed by atoms with Crippen LogP contribution in [0.4, 0.5) is 5.69 Å². The molecular weight excluding hydrogens is 354 g/mol. The van der Waals surface area contributed by atoms with E-state index in [1.54, 1.807) is 33.2 Å². The lowest BCUT2D eigenvalue weighted by atomic mass is 10.0. The van der Waals surface area contributed by atoms with Crippen molar-refractivity contribution < 1.29 is 13.2 Å². The lowest BCUT2D eigenvalue weighted by Gasteiger charge is -2.15. The molecule has 138 valence electrons. The first-order valence-corrected chi connectivity index (χ1v) is 9.51. The third-order valence-corrected chi connectivity index (χ3v) is 5.78. The van der Waals surface area contributed by atoms with Gasteiger partial charge in [0.25, 0.3) is 5.56 Å². The Bertz CT molecular complexity index is 1040. The molecule has 0 aliphatic carbocycles. The maximum absolute atomic E-state index is 12.3. The van der Waals surface area contributed by atoms with E-state index in [9.17, 15) is 13.2 Å². The third kappa shape index (κ3) is 3.60. The third-order valence-electron chi connectivity index (χ3n) is 4.04. The average Bonchev–Trinajstić information content (AvgIpc) is 2.64. The van der Waals surface area contributed by atoms with Crippen molar-refractivity contribution in [2.75, 3.05) is 12.9 Å². The summed E-state index contributed by atoms with van der Waals surface area (Å²) in [5.41, 5.74) is 1.69. The first-order valence-electron chi connectivity index (χ1n) is 7.86. The van der Waals surface area contributed by atoms with Crippen LogP contribution in [0.5, 0.6) is 5.75 Å². The maximum Gasteiger partial charge on any atom is 0.255 e. The van der Waals surface area contributed by atoms with E-state index >= 15 is 0 Å². The number of nitrogens with zero attached hydrogens (tertiary/aromatic N) is 3. The van der Waals surface area contributed by atoms with E-state index in [4.69, 9.17) is 4.74 Å². The van der Waals surface area contributed by atoms with Gasteiger partial charge in [-0.05, 0) is 31.8 Å². The molecule has 0 saturated carbocycles. The highest BCUT2D eigenvalue weighted by atomic mass is 32.2. The van der Waals surface area contributed by atoms with E-state index in [2.05, 4.69) is 16.7 Å². The molecule has 0 atom stereocenters. The van der Waals surface area contributed by atoms with E-state index in [-0.39, 0.29) is 16.2 Å². The lowest BCUT2D eigenvalue weighted by molar-refractivity contribution is 0.416. The van der Waals surface area contributed by atoms with Crippen LogP contribution in [-0.2, 0) is 16.9 Å². The number of aryl methyl sites for hydroxylation is 1. The Kier molecular flexibility index (Phi) is 5.76. The van der Waals surface area contributed by atoms with Crippen molar-refractivity contribution in [3.63, 3.8) is 0 Å². The van der Waals surface area contributed by atoms with Crippen LogP contribution in [0.25, 0.3) is 11.1 Å². The predicted octanol–water partition coefficient (Wildman–Crippen LogP) is 2.52. The van der Waals surface area contributed by atoms with E-state index in [0.29, 0.717) is 28.1 Å². The predicted molar refractivity (Wildman–Crippen MR) is 104 cm³/mol. The molecule has 0 N–H and O–H groups in total. The maximum atomic E-state index is 12.3. The van der Waals surface area contributed by atoms with Crippen LogP contribution in [0.1, 0.15) is 12.5 Å². The van der Waals surface area contributed by atoms with Gasteiger partial charge in [0.2, 0.25) is 0 Å². The number of ether oxygens (including phenoxy) is 1. The van der Waals surface area contributed by atoms with Crippen LogP contribution in [0, 0.1) is 6.92 Å². The molecule has 7 nitrogen and oxygen atoms in total. The molecule has 2 rings (SSSR count). The second-order valence-corrected chi connectivity index (χ2v) is 7.90.